The average molecular weight is 344 g/mol. The van der Waals surface area contributed by atoms with E-state index in [0.29, 0.717) is 12.8 Å². The molecule has 0 fully saturated rings. The van der Waals surface area contributed by atoms with Gasteiger partial charge >= 0.3 is 6.18 Å². The Labute approximate surface area is 116 Å². The molecule has 0 aliphatic heterocycles. The Bertz CT molecular complexity index is 432. The summed E-state index contributed by atoms with van der Waals surface area (Å²) in [4.78, 5) is 11.7. The highest BCUT2D eigenvalue weighted by atomic mass is 79.9. The van der Waals surface area contributed by atoms with Crippen molar-refractivity contribution in [1.82, 2.24) is 0 Å². The summed E-state index contributed by atoms with van der Waals surface area (Å²) < 4.78 is 37.4. The molecule has 0 aromatic heterocycles. The van der Waals surface area contributed by atoms with Crippen molar-refractivity contribution >= 4 is 33.3 Å². The van der Waals surface area contributed by atoms with Gasteiger partial charge in [0.25, 0.3) is 0 Å². The predicted molar refractivity (Wildman–Crippen MR) is 68.4 cm³/mol. The second-order valence-electron chi connectivity index (χ2n) is 3.76. The first kappa shape index (κ1) is 15.5. The molecule has 1 aromatic rings. The molecule has 0 aliphatic carbocycles. The fourth-order valence-corrected chi connectivity index (χ4v) is 2.13. The maximum absolute atomic E-state index is 12.5. The van der Waals surface area contributed by atoms with E-state index in [4.69, 9.17) is 11.6 Å². The van der Waals surface area contributed by atoms with E-state index in [9.17, 15) is 18.0 Å². The van der Waals surface area contributed by atoms with Crippen LogP contribution in [0.2, 0.25) is 5.02 Å². The zero-order valence-corrected chi connectivity index (χ0v) is 11.7. The first-order valence-corrected chi connectivity index (χ1v) is 6.82. The zero-order valence-electron chi connectivity index (χ0n) is 9.36. The van der Waals surface area contributed by atoms with E-state index >= 15 is 0 Å². The minimum Gasteiger partial charge on any atom is -0.294 e. The number of unbranched alkanes of at least 4 members (excludes halogenated alkanes) is 1. The highest BCUT2D eigenvalue weighted by Crippen LogP contribution is 2.35. The predicted octanol–water partition coefficient (Wildman–Crippen LogP) is 5.11. The number of halogens is 5. The fourth-order valence-electron chi connectivity index (χ4n) is 1.44. The fraction of sp³-hybridized carbons (Fsp3) is 0.417. The lowest BCUT2D eigenvalue weighted by molar-refractivity contribution is -0.137. The molecule has 18 heavy (non-hydrogen) atoms. The molecule has 1 nitrogen and oxygen atoms in total. The summed E-state index contributed by atoms with van der Waals surface area (Å²) in [7, 11) is 0. The summed E-state index contributed by atoms with van der Waals surface area (Å²) in [6.07, 6.45) is -2.63. The lowest BCUT2D eigenvalue weighted by Gasteiger charge is -2.09. The van der Waals surface area contributed by atoms with Gasteiger partial charge in [-0.2, -0.15) is 13.2 Å². The Hall–Kier alpha value is -0.550. The molecule has 1 aromatic carbocycles. The second-order valence-corrected chi connectivity index (χ2v) is 4.96. The Morgan fingerprint density at radius 1 is 1.28 bits per heavy atom. The van der Waals surface area contributed by atoms with Crippen LogP contribution in [0.4, 0.5) is 13.2 Å². The molecule has 1 rings (SSSR count). The van der Waals surface area contributed by atoms with Gasteiger partial charge in [0.2, 0.25) is 0 Å². The first-order chi connectivity index (χ1) is 8.36. The third kappa shape index (κ3) is 4.28. The number of Topliss-reactive ketones (excluding diaryl/α,β-unsaturated/α-hetero) is 1. The Morgan fingerprint density at radius 3 is 2.44 bits per heavy atom. The molecule has 0 saturated carbocycles. The third-order valence-corrected chi connectivity index (χ3v) is 3.26. The molecule has 0 aliphatic rings. The van der Waals surface area contributed by atoms with Crippen LogP contribution in [0.15, 0.2) is 18.2 Å². The lowest BCUT2D eigenvalue weighted by Crippen LogP contribution is -2.07. The number of carbonyl (C=O) groups excluding carboxylic acids is 1. The summed E-state index contributed by atoms with van der Waals surface area (Å²) in [5.74, 6) is -0.188. The van der Waals surface area contributed by atoms with Crippen LogP contribution in [-0.2, 0) is 6.18 Å². The van der Waals surface area contributed by atoms with Crippen molar-refractivity contribution in [1.29, 1.82) is 0 Å². The van der Waals surface area contributed by atoms with Crippen molar-refractivity contribution in [2.45, 2.75) is 25.4 Å². The van der Waals surface area contributed by atoms with Crippen LogP contribution in [0.3, 0.4) is 0 Å². The summed E-state index contributed by atoms with van der Waals surface area (Å²) in [5, 5.41) is 0.363. The third-order valence-electron chi connectivity index (χ3n) is 2.38. The topological polar surface area (TPSA) is 17.1 Å². The normalized spacial score (nSPS) is 11.6. The van der Waals surface area contributed by atoms with E-state index in [1.165, 1.54) is 6.07 Å². The molecule has 0 atom stereocenters. The molecule has 0 spiro atoms. The Balaban J connectivity index is 2.81. The van der Waals surface area contributed by atoms with Gasteiger partial charge in [-0.05, 0) is 25.0 Å². The van der Waals surface area contributed by atoms with Gasteiger partial charge in [-0.1, -0.05) is 33.6 Å². The molecule has 0 unspecified atom stereocenters. The van der Waals surface area contributed by atoms with Crippen LogP contribution in [0.1, 0.15) is 35.2 Å². The van der Waals surface area contributed by atoms with Gasteiger partial charge in [-0.25, -0.2) is 0 Å². The number of benzene rings is 1. The molecule has 100 valence electrons. The van der Waals surface area contributed by atoms with Gasteiger partial charge in [0, 0.05) is 17.3 Å². The van der Waals surface area contributed by atoms with Crippen molar-refractivity contribution in [2.24, 2.45) is 0 Å². The molecule has 0 amide bonds. The van der Waals surface area contributed by atoms with Gasteiger partial charge in [0.05, 0.1) is 10.6 Å². The summed E-state index contributed by atoms with van der Waals surface area (Å²) in [5.41, 5.74) is -0.691. The van der Waals surface area contributed by atoms with Gasteiger partial charge < -0.3 is 0 Å². The molecular formula is C12H11BrClF3O. The van der Waals surface area contributed by atoms with E-state index in [-0.39, 0.29) is 11.3 Å². The quantitative estimate of drug-likeness (QED) is 0.413. The smallest absolute Gasteiger partial charge is 0.294 e. The van der Waals surface area contributed by atoms with Crippen LogP contribution in [0.5, 0.6) is 0 Å². The van der Waals surface area contributed by atoms with Crippen molar-refractivity contribution in [3.8, 4) is 0 Å². The lowest BCUT2D eigenvalue weighted by atomic mass is 10.0. The van der Waals surface area contributed by atoms with Gasteiger partial charge in [0.15, 0.2) is 5.78 Å². The number of hydrogen-bond acceptors (Lipinski definition) is 1. The van der Waals surface area contributed by atoms with Crippen LogP contribution >= 0.6 is 27.5 Å². The maximum atomic E-state index is 12.5. The van der Waals surface area contributed by atoms with Crippen molar-refractivity contribution in [2.75, 3.05) is 5.33 Å². The monoisotopic (exact) mass is 342 g/mol. The zero-order chi connectivity index (χ0) is 13.8. The Morgan fingerprint density at radius 2 is 1.94 bits per heavy atom. The van der Waals surface area contributed by atoms with E-state index in [2.05, 4.69) is 15.9 Å². The standard InChI is InChI=1S/C12H11BrClF3O/c13-6-2-1-3-11(18)8-4-5-9(10(14)7-8)12(15,16)17/h4-5,7H,1-3,6H2. The van der Waals surface area contributed by atoms with Crippen molar-refractivity contribution in [3.63, 3.8) is 0 Å². The molecular weight excluding hydrogens is 332 g/mol. The molecule has 0 heterocycles. The highest BCUT2D eigenvalue weighted by molar-refractivity contribution is 9.09. The van der Waals surface area contributed by atoms with Crippen LogP contribution in [-0.4, -0.2) is 11.1 Å². The minimum absolute atomic E-state index is 0.188. The van der Waals surface area contributed by atoms with Gasteiger partial charge in [0.1, 0.15) is 0 Å². The van der Waals surface area contributed by atoms with Crippen LogP contribution in [0.25, 0.3) is 0 Å². The van der Waals surface area contributed by atoms with E-state index in [0.717, 1.165) is 23.9 Å². The number of carbonyl (C=O) groups is 1. The van der Waals surface area contributed by atoms with E-state index in [1.54, 1.807) is 0 Å². The number of alkyl halides is 4. The average Bonchev–Trinajstić information content (AvgIpc) is 2.27. The summed E-state index contributed by atoms with van der Waals surface area (Å²) in [6, 6.07) is 3.10. The van der Waals surface area contributed by atoms with E-state index < -0.39 is 16.8 Å². The molecule has 0 N–H and O–H groups in total. The Kier molecular flexibility index (Phi) is 5.66. The van der Waals surface area contributed by atoms with E-state index in [1.807, 2.05) is 0 Å². The van der Waals surface area contributed by atoms with Crippen molar-refractivity contribution in [3.05, 3.63) is 34.3 Å². The maximum Gasteiger partial charge on any atom is 0.417 e. The molecule has 0 radical (unpaired) electrons. The molecule has 0 saturated heterocycles. The number of hydrogen-bond donors (Lipinski definition) is 0. The van der Waals surface area contributed by atoms with Gasteiger partial charge in [-0.3, -0.25) is 4.79 Å². The molecule has 6 heteroatoms. The number of rotatable bonds is 5. The largest absolute Gasteiger partial charge is 0.417 e. The van der Waals surface area contributed by atoms with Crippen LogP contribution < -0.4 is 0 Å². The summed E-state index contributed by atoms with van der Waals surface area (Å²) >= 11 is 8.78. The van der Waals surface area contributed by atoms with Gasteiger partial charge in [-0.15, -0.1) is 0 Å². The second kappa shape index (κ2) is 6.57. The first-order valence-electron chi connectivity index (χ1n) is 5.32. The minimum atomic E-state index is -4.49. The number of ketones is 1. The van der Waals surface area contributed by atoms with Crippen LogP contribution in [0, 0.1) is 0 Å². The molecule has 0 bridgehead atoms. The highest BCUT2D eigenvalue weighted by Gasteiger charge is 2.33. The SMILES string of the molecule is O=C(CCCCBr)c1ccc(C(F)(F)F)c(Cl)c1. The van der Waals surface area contributed by atoms with Crippen molar-refractivity contribution < 1.29 is 18.0 Å². The summed E-state index contributed by atoms with van der Waals surface area (Å²) in [6.45, 7) is 0.